The van der Waals surface area contributed by atoms with Crippen molar-refractivity contribution in [1.82, 2.24) is 0 Å². The lowest BCUT2D eigenvalue weighted by atomic mass is 10.0. The van der Waals surface area contributed by atoms with Crippen molar-refractivity contribution in [3.8, 4) is 0 Å². The van der Waals surface area contributed by atoms with Crippen LogP contribution in [0.3, 0.4) is 0 Å². The van der Waals surface area contributed by atoms with Crippen molar-refractivity contribution in [3.05, 3.63) is 35.1 Å². The van der Waals surface area contributed by atoms with Crippen molar-refractivity contribution in [2.75, 3.05) is 7.11 Å². The molecule has 70 valence electrons. The molecule has 0 aromatic heterocycles. The van der Waals surface area contributed by atoms with Gasteiger partial charge in [-0.15, -0.1) is 0 Å². The van der Waals surface area contributed by atoms with Crippen LogP contribution in [0.5, 0.6) is 0 Å². The van der Waals surface area contributed by atoms with E-state index in [9.17, 15) is 9.18 Å². The quantitative estimate of drug-likeness (QED) is 0.670. The topological polar surface area (TPSA) is 26.3 Å². The van der Waals surface area contributed by atoms with Gasteiger partial charge in [0.05, 0.1) is 11.7 Å². The number of carbonyl (C=O) groups excluding carboxylic acids is 1. The molecule has 1 aromatic rings. The Morgan fingerprint density at radius 1 is 1.54 bits per heavy atom. The van der Waals surface area contributed by atoms with E-state index >= 15 is 0 Å². The molecule has 1 atom stereocenters. The number of benzene rings is 1. The van der Waals surface area contributed by atoms with Gasteiger partial charge in [0.25, 0.3) is 0 Å². The molecule has 0 spiro atoms. The lowest BCUT2D eigenvalue weighted by Gasteiger charge is -2.11. The molecule has 3 heteroatoms. The van der Waals surface area contributed by atoms with Gasteiger partial charge in [-0.25, -0.2) is 4.39 Å². The summed E-state index contributed by atoms with van der Waals surface area (Å²) in [6.45, 7) is 1.77. The molecule has 0 amide bonds. The normalized spacial score (nSPS) is 12.5. The van der Waals surface area contributed by atoms with E-state index in [-0.39, 0.29) is 11.7 Å². The molecule has 0 N–H and O–H groups in total. The number of hydrogen-bond acceptors (Lipinski definition) is 2. The predicted molar refractivity (Wildman–Crippen MR) is 47.2 cm³/mol. The molecule has 0 aliphatic rings. The van der Waals surface area contributed by atoms with Crippen molar-refractivity contribution < 1.29 is 13.9 Å². The third-order valence-electron chi connectivity index (χ3n) is 2.00. The Hall–Kier alpha value is -1.22. The van der Waals surface area contributed by atoms with E-state index in [4.69, 9.17) is 4.74 Å². The first-order valence-corrected chi connectivity index (χ1v) is 3.97. The molecule has 0 radical (unpaired) electrons. The van der Waals surface area contributed by atoms with E-state index in [1.54, 1.807) is 19.1 Å². The Labute approximate surface area is 76.3 Å². The first kappa shape index (κ1) is 9.86. The third kappa shape index (κ3) is 1.92. The van der Waals surface area contributed by atoms with E-state index in [2.05, 4.69) is 0 Å². The first-order chi connectivity index (χ1) is 6.20. The van der Waals surface area contributed by atoms with Gasteiger partial charge in [-0.05, 0) is 18.6 Å². The maximum atomic E-state index is 13.1. The Morgan fingerprint density at radius 3 is 2.77 bits per heavy atom. The summed E-state index contributed by atoms with van der Waals surface area (Å²) in [6, 6.07) is 4.50. The predicted octanol–water partition coefficient (Wildman–Crippen LogP) is 2.35. The summed E-state index contributed by atoms with van der Waals surface area (Å²) in [5, 5.41) is 0. The molecule has 0 aliphatic carbocycles. The molecule has 0 aliphatic heterocycles. The Bertz CT molecular complexity index is 310. The van der Waals surface area contributed by atoms with Crippen LogP contribution in [-0.4, -0.2) is 13.4 Å². The highest BCUT2D eigenvalue weighted by atomic mass is 19.1. The fraction of sp³-hybridized carbons (Fsp3) is 0.300. The van der Waals surface area contributed by atoms with E-state index < -0.39 is 5.82 Å². The van der Waals surface area contributed by atoms with Crippen LogP contribution in [0.2, 0.25) is 0 Å². The molecule has 0 saturated heterocycles. The largest absolute Gasteiger partial charge is 0.377 e. The maximum absolute atomic E-state index is 13.1. The fourth-order valence-electron chi connectivity index (χ4n) is 1.16. The van der Waals surface area contributed by atoms with Gasteiger partial charge in [0.1, 0.15) is 5.82 Å². The van der Waals surface area contributed by atoms with Crippen molar-refractivity contribution >= 4 is 6.29 Å². The summed E-state index contributed by atoms with van der Waals surface area (Å²) in [4.78, 5) is 10.6. The zero-order valence-electron chi connectivity index (χ0n) is 7.58. The van der Waals surface area contributed by atoms with Gasteiger partial charge < -0.3 is 4.74 Å². The summed E-state index contributed by atoms with van der Waals surface area (Å²) >= 11 is 0. The van der Waals surface area contributed by atoms with Crippen LogP contribution in [0, 0.1) is 5.82 Å². The molecule has 0 bridgehead atoms. The van der Waals surface area contributed by atoms with Gasteiger partial charge in [0.2, 0.25) is 0 Å². The van der Waals surface area contributed by atoms with E-state index in [0.717, 1.165) is 0 Å². The molecule has 13 heavy (non-hydrogen) atoms. The number of hydrogen-bond donors (Lipinski definition) is 0. The molecule has 0 heterocycles. The standard InChI is InChI=1S/C10H11FO2/c1-7(13-2)8-4-3-5-10(11)9(8)6-12/h3-7H,1-2H3. The maximum Gasteiger partial charge on any atom is 0.153 e. The van der Waals surface area contributed by atoms with Crippen molar-refractivity contribution in [3.63, 3.8) is 0 Å². The summed E-state index contributed by atoms with van der Waals surface area (Å²) < 4.78 is 18.1. The molecule has 1 rings (SSSR count). The lowest BCUT2D eigenvalue weighted by molar-refractivity contribution is 0.108. The van der Waals surface area contributed by atoms with Crippen LogP contribution >= 0.6 is 0 Å². The van der Waals surface area contributed by atoms with Gasteiger partial charge in [0, 0.05) is 7.11 Å². The van der Waals surface area contributed by atoms with Gasteiger partial charge in [-0.1, -0.05) is 12.1 Å². The van der Waals surface area contributed by atoms with Crippen LogP contribution in [0.4, 0.5) is 4.39 Å². The highest BCUT2D eigenvalue weighted by Gasteiger charge is 2.12. The third-order valence-corrected chi connectivity index (χ3v) is 2.00. The lowest BCUT2D eigenvalue weighted by Crippen LogP contribution is -2.02. The SMILES string of the molecule is COC(C)c1cccc(F)c1C=O. The Kier molecular flexibility index (Phi) is 3.14. The molecule has 1 aromatic carbocycles. The first-order valence-electron chi connectivity index (χ1n) is 3.97. The number of carbonyl (C=O) groups is 1. The van der Waals surface area contributed by atoms with Crippen LogP contribution < -0.4 is 0 Å². The van der Waals surface area contributed by atoms with Crippen LogP contribution in [0.1, 0.15) is 28.9 Å². The van der Waals surface area contributed by atoms with Gasteiger partial charge in [-0.3, -0.25) is 4.79 Å². The van der Waals surface area contributed by atoms with Crippen molar-refractivity contribution in [2.24, 2.45) is 0 Å². The zero-order chi connectivity index (χ0) is 9.84. The Balaban J connectivity index is 3.19. The monoisotopic (exact) mass is 182 g/mol. The smallest absolute Gasteiger partial charge is 0.153 e. The summed E-state index contributed by atoms with van der Waals surface area (Å²) in [7, 11) is 1.52. The number of methoxy groups -OCH3 is 1. The van der Waals surface area contributed by atoms with Gasteiger partial charge in [-0.2, -0.15) is 0 Å². The average molecular weight is 182 g/mol. The molecule has 2 nitrogen and oxygen atoms in total. The second kappa shape index (κ2) is 4.14. The minimum atomic E-state index is -0.503. The number of aldehydes is 1. The van der Waals surface area contributed by atoms with E-state index in [1.807, 2.05) is 0 Å². The molecular formula is C10H11FO2. The molecule has 0 fully saturated rings. The Morgan fingerprint density at radius 2 is 2.23 bits per heavy atom. The van der Waals surface area contributed by atoms with E-state index in [0.29, 0.717) is 11.8 Å². The minimum absolute atomic E-state index is 0.0804. The minimum Gasteiger partial charge on any atom is -0.377 e. The highest BCUT2D eigenvalue weighted by molar-refractivity contribution is 5.77. The fourth-order valence-corrected chi connectivity index (χ4v) is 1.16. The van der Waals surface area contributed by atoms with Crippen LogP contribution in [0.15, 0.2) is 18.2 Å². The molecule has 1 unspecified atom stereocenters. The summed E-state index contributed by atoms with van der Waals surface area (Å²) in [5.74, 6) is -0.503. The second-order valence-corrected chi connectivity index (χ2v) is 2.74. The summed E-state index contributed by atoms with van der Waals surface area (Å²) in [5.41, 5.74) is 0.661. The highest BCUT2D eigenvalue weighted by Crippen LogP contribution is 2.20. The van der Waals surface area contributed by atoms with Crippen molar-refractivity contribution in [2.45, 2.75) is 13.0 Å². The average Bonchev–Trinajstić information content (AvgIpc) is 2.16. The van der Waals surface area contributed by atoms with Crippen molar-refractivity contribution in [1.29, 1.82) is 0 Å². The van der Waals surface area contributed by atoms with E-state index in [1.165, 1.54) is 13.2 Å². The summed E-state index contributed by atoms with van der Waals surface area (Å²) in [6.07, 6.45) is 0.246. The zero-order valence-corrected chi connectivity index (χ0v) is 7.58. The van der Waals surface area contributed by atoms with Crippen LogP contribution in [0.25, 0.3) is 0 Å². The molecular weight excluding hydrogens is 171 g/mol. The number of rotatable bonds is 3. The van der Waals surface area contributed by atoms with Gasteiger partial charge in [0.15, 0.2) is 6.29 Å². The number of halogens is 1. The second-order valence-electron chi connectivity index (χ2n) is 2.74. The molecule has 0 saturated carbocycles. The van der Waals surface area contributed by atoms with Gasteiger partial charge >= 0.3 is 0 Å². The number of ether oxygens (including phenoxy) is 1. The van der Waals surface area contributed by atoms with Crippen LogP contribution in [-0.2, 0) is 4.74 Å².